The van der Waals surface area contributed by atoms with Gasteiger partial charge in [0.1, 0.15) is 29.6 Å². The predicted molar refractivity (Wildman–Crippen MR) is 237 cm³/mol. The van der Waals surface area contributed by atoms with Gasteiger partial charge in [0.2, 0.25) is 11.6 Å². The van der Waals surface area contributed by atoms with Crippen LogP contribution >= 0.6 is 0 Å². The maximum absolute atomic E-state index is 11.2. The zero-order valence-electron chi connectivity index (χ0n) is 36.1. The Bertz CT molecular complexity index is 2420. The van der Waals surface area contributed by atoms with E-state index in [2.05, 4.69) is 30.6 Å². The van der Waals surface area contributed by atoms with Gasteiger partial charge in [-0.1, -0.05) is 34.6 Å². The number of aromatic nitrogens is 6. The summed E-state index contributed by atoms with van der Waals surface area (Å²) >= 11 is 0. The minimum absolute atomic E-state index is 0.0376. The van der Waals surface area contributed by atoms with Crippen LogP contribution < -0.4 is 78.4 Å². The largest absolute Gasteiger partial charge is 0.476 e. The number of nitrogen functional groups attached to an aromatic ring is 4. The van der Waals surface area contributed by atoms with Gasteiger partial charge in [-0.15, -0.1) is 4.91 Å². The molecule has 0 aliphatic rings. The van der Waals surface area contributed by atoms with Gasteiger partial charge in [-0.3, -0.25) is 53.1 Å². The molecule has 0 atom stereocenters. The molecule has 29 heteroatoms. The third-order valence-corrected chi connectivity index (χ3v) is 6.78. The molecule has 3 heterocycles. The molecule has 0 bridgehead atoms. The molecule has 354 valence electrons. The molecule has 3 aromatic rings. The molecule has 0 spiro atoms. The number of anilines is 4. The van der Waals surface area contributed by atoms with Crippen molar-refractivity contribution >= 4 is 52.8 Å². The van der Waals surface area contributed by atoms with Crippen molar-refractivity contribution < 1.29 is 24.3 Å². The van der Waals surface area contributed by atoms with E-state index in [9.17, 15) is 52.9 Å². The Balaban J connectivity index is -0.000000713. The van der Waals surface area contributed by atoms with Crippen molar-refractivity contribution in [3.8, 4) is 6.07 Å². The number of amides is 5. The Morgan fingerprint density at radius 1 is 0.766 bits per heavy atom. The van der Waals surface area contributed by atoms with Crippen molar-refractivity contribution in [3.63, 3.8) is 0 Å². The van der Waals surface area contributed by atoms with E-state index in [1.807, 2.05) is 44.9 Å². The Hall–Kier alpha value is -8.50. The average Bonchev–Trinajstić information content (AvgIpc) is 3.21. The molecule has 0 aliphatic carbocycles. The molecule has 0 saturated heterocycles. The Morgan fingerprint density at radius 2 is 1.23 bits per heavy atom. The smallest absolute Gasteiger partial charge is 0.384 e. The average molecular weight is 908 g/mol. The normalized spacial score (nSPS) is 9.23. The third-order valence-electron chi connectivity index (χ3n) is 6.78. The maximum Gasteiger partial charge on any atom is 0.384 e. The molecule has 3 aromatic heterocycles. The van der Waals surface area contributed by atoms with Crippen LogP contribution in [0.1, 0.15) is 73.1 Å². The first kappa shape index (κ1) is 59.8. The van der Waals surface area contributed by atoms with E-state index in [-0.39, 0.29) is 29.6 Å². The number of carboxylic acids is 1. The number of nitrogens with two attached hydrogens (primary N) is 5. The van der Waals surface area contributed by atoms with Crippen LogP contribution in [0.3, 0.4) is 0 Å². The van der Waals surface area contributed by atoms with Crippen LogP contribution in [0.2, 0.25) is 0 Å². The highest BCUT2D eigenvalue weighted by atomic mass is 16.4. The highest BCUT2D eigenvalue weighted by molar-refractivity contribution is 5.95. The van der Waals surface area contributed by atoms with Crippen molar-refractivity contribution in [2.24, 2.45) is 10.9 Å². The molecule has 0 radical (unpaired) electrons. The fourth-order valence-corrected chi connectivity index (χ4v) is 3.99. The number of nitroso groups, excluding NO2 is 1. The number of imide groups is 1. The van der Waals surface area contributed by atoms with Gasteiger partial charge in [-0.05, 0) is 37.3 Å². The number of nitrogens with zero attached hydrogens (tertiary/aromatic N) is 6. The summed E-state index contributed by atoms with van der Waals surface area (Å²) in [5.41, 5.74) is 22.4. The van der Waals surface area contributed by atoms with Crippen LogP contribution in [0.25, 0.3) is 4.85 Å². The summed E-state index contributed by atoms with van der Waals surface area (Å²) in [4.78, 5) is 126. The molecule has 0 unspecified atom stereocenters. The van der Waals surface area contributed by atoms with Gasteiger partial charge in [0.25, 0.3) is 16.7 Å². The van der Waals surface area contributed by atoms with Gasteiger partial charge in [-0.2, -0.15) is 5.26 Å². The number of aliphatic carboxylic acids is 1. The quantitative estimate of drug-likeness (QED) is 0.0705. The number of primary amides is 1. The first-order chi connectivity index (χ1) is 30.1. The zero-order valence-corrected chi connectivity index (χ0v) is 36.1. The number of aromatic amines is 3. The van der Waals surface area contributed by atoms with Gasteiger partial charge in [-0.25, -0.2) is 35.3 Å². The van der Waals surface area contributed by atoms with Gasteiger partial charge in [0.15, 0.2) is 0 Å². The van der Waals surface area contributed by atoms with E-state index in [0.29, 0.717) is 39.1 Å². The summed E-state index contributed by atoms with van der Waals surface area (Å²) < 4.78 is 3.69. The summed E-state index contributed by atoms with van der Waals surface area (Å²) in [5.74, 6) is -1.58. The Morgan fingerprint density at radius 3 is 1.62 bits per heavy atom. The van der Waals surface area contributed by atoms with Gasteiger partial charge >= 0.3 is 41.6 Å². The van der Waals surface area contributed by atoms with Crippen molar-refractivity contribution in [1.29, 1.82) is 5.26 Å². The van der Waals surface area contributed by atoms with E-state index in [1.165, 1.54) is 15.2 Å². The number of hydrogen-bond acceptors (Lipinski definition) is 17. The lowest BCUT2D eigenvalue weighted by Gasteiger charge is -2.08. The summed E-state index contributed by atoms with van der Waals surface area (Å²) in [7, 11) is 0. The van der Waals surface area contributed by atoms with Crippen LogP contribution in [0, 0.1) is 22.8 Å². The lowest BCUT2D eigenvalue weighted by atomic mass is 10.4. The summed E-state index contributed by atoms with van der Waals surface area (Å²) in [5, 5.41) is 25.1. The lowest BCUT2D eigenvalue weighted by Crippen LogP contribution is -2.39. The topological polar surface area (TPSA) is 477 Å². The monoisotopic (exact) mass is 907 g/mol. The van der Waals surface area contributed by atoms with Gasteiger partial charge in [0.05, 0.1) is 6.07 Å². The predicted octanol–water partition coefficient (Wildman–Crippen LogP) is -1.24. The summed E-state index contributed by atoms with van der Waals surface area (Å²) in [6.45, 7) is 17.6. The fraction of sp³-hybridized carbons (Fsp3) is 0.486. The molecule has 0 aromatic carbocycles. The maximum atomic E-state index is 11.2. The molecule has 3 rings (SSSR count). The second-order valence-corrected chi connectivity index (χ2v) is 12.1. The number of hydrogen-bond donors (Lipinski definition) is 12. The van der Waals surface area contributed by atoms with Crippen LogP contribution in [0.5, 0.6) is 0 Å². The molecular weight excluding hydrogens is 850 g/mol. The molecule has 17 N–H and O–H groups in total. The number of carbonyl (C=O) groups excluding carboxylic acids is 3. The van der Waals surface area contributed by atoms with E-state index in [0.717, 1.165) is 30.3 Å². The first-order valence-corrected chi connectivity index (χ1v) is 19.0. The number of rotatable bonds is 13. The zero-order chi connectivity index (χ0) is 49.9. The fourth-order valence-electron chi connectivity index (χ4n) is 3.99. The van der Waals surface area contributed by atoms with E-state index in [1.54, 1.807) is 6.07 Å². The molecule has 29 nitrogen and oxygen atoms in total. The van der Waals surface area contributed by atoms with Gasteiger partial charge in [0, 0.05) is 38.8 Å². The number of urea groups is 2. The Kier molecular flexibility index (Phi) is 32.0. The third kappa shape index (κ3) is 25.2. The summed E-state index contributed by atoms with van der Waals surface area (Å²) in [6, 6.07) is 1.86. The van der Waals surface area contributed by atoms with Crippen LogP contribution in [0.4, 0.5) is 38.4 Å². The van der Waals surface area contributed by atoms with E-state index < -0.39 is 69.9 Å². The van der Waals surface area contributed by atoms with Crippen LogP contribution in [0.15, 0.2) is 40.0 Å². The lowest BCUT2D eigenvalue weighted by molar-refractivity contribution is -0.134. The van der Waals surface area contributed by atoms with Crippen molar-refractivity contribution in [2.75, 3.05) is 42.6 Å². The number of carboxylic acid groups (broad SMARTS) is 1. The second kappa shape index (κ2) is 34.2. The highest BCUT2D eigenvalue weighted by Gasteiger charge is 2.12. The molecule has 0 fully saturated rings. The minimum Gasteiger partial charge on any atom is -0.476 e. The van der Waals surface area contributed by atoms with Gasteiger partial charge < -0.3 is 49.3 Å². The molecule has 0 aliphatic heterocycles. The number of nitriles is 1. The van der Waals surface area contributed by atoms with Crippen molar-refractivity contribution in [1.82, 2.24) is 44.6 Å². The standard InChI is InChI=1S/C7H10N4O3.C7H12N4O2.2C7H11N3O2.C4H10N2O.C3H3NO2/c1-2-3-11-5(8)4(10-14)6(12)9-7(11)13;1-2-3-11-5(9)4(8)6(12)10-7(11)13;1-2-3-10-5(8)4-6(11)9-7(10)12;1-2-5-9-7(12)10-6(11)3-4-8;1-2-3-6-4(5)7;1-4-2-3(5)6/h2-3,8H2,1H3,(H,9,12,13);2-3,8-9H2,1H3,(H,10,12,13);4H,2-3,8H2,1H3,(H,9,11,12);2-3,5H2,1H3,(H2,9,10,11,12);2-3H2,1H3,(H3,5,6,7);2H2,(H,5,6). The number of nitrogens with one attached hydrogen (secondary N) is 6. The molecule has 64 heavy (non-hydrogen) atoms. The molecule has 0 saturated carbocycles. The first-order valence-electron chi connectivity index (χ1n) is 19.0. The summed E-state index contributed by atoms with van der Waals surface area (Å²) in [6.07, 6.45) is 3.66. The van der Waals surface area contributed by atoms with Crippen molar-refractivity contribution in [2.45, 2.75) is 92.8 Å². The molecule has 5 amide bonds. The highest BCUT2D eigenvalue weighted by Crippen LogP contribution is 2.12. The van der Waals surface area contributed by atoms with E-state index >= 15 is 0 Å². The second-order valence-electron chi connectivity index (χ2n) is 12.1. The van der Waals surface area contributed by atoms with E-state index in [4.69, 9.17) is 45.6 Å². The Labute approximate surface area is 363 Å². The van der Waals surface area contributed by atoms with Crippen LogP contribution in [-0.4, -0.2) is 77.3 Å². The number of H-pyrrole nitrogens is 3. The minimum atomic E-state index is -1.06. The number of carbonyl (C=O) groups is 4. The van der Waals surface area contributed by atoms with Crippen LogP contribution in [-0.2, 0) is 29.2 Å². The molecular formula is C35H57N17O12. The van der Waals surface area contributed by atoms with Crippen molar-refractivity contribution in [3.05, 3.63) is 84.9 Å². The SMILES string of the molecule is CCCNC(=O)NC(=O)CC#N.CCCNC(N)=O.CCCn1c(N)c(N)c(=O)[nH]c1=O.CCCn1c(N)c(N=O)c(=O)[nH]c1=O.CCCn1c(N)cc(=O)[nH]c1=O.[C-]#[N+]CC(=O)O.